The predicted octanol–water partition coefficient (Wildman–Crippen LogP) is 1.30. The van der Waals surface area contributed by atoms with Crippen molar-refractivity contribution in [3.8, 4) is 6.07 Å². The lowest BCUT2D eigenvalue weighted by molar-refractivity contribution is -0.144. The van der Waals surface area contributed by atoms with Crippen molar-refractivity contribution in [3.63, 3.8) is 0 Å². The first-order valence-corrected chi connectivity index (χ1v) is 4.50. The maximum atomic E-state index is 11.5. The van der Waals surface area contributed by atoms with E-state index in [0.29, 0.717) is 0 Å². The molecule has 0 aliphatic rings. The molecule has 0 saturated heterocycles. The number of carbonyl (C=O) groups is 2. The number of hydrogen-bond donors (Lipinski definition) is 0. The molecule has 0 aromatic carbocycles. The number of ketones is 1. The van der Waals surface area contributed by atoms with Gasteiger partial charge in [0.25, 0.3) is 0 Å². The highest BCUT2D eigenvalue weighted by molar-refractivity contribution is 5.86. The summed E-state index contributed by atoms with van der Waals surface area (Å²) in [7, 11) is 1.27. The summed E-state index contributed by atoms with van der Waals surface area (Å²) >= 11 is 0. The van der Waals surface area contributed by atoms with Crippen molar-refractivity contribution in [2.45, 2.75) is 26.7 Å². The van der Waals surface area contributed by atoms with Crippen molar-refractivity contribution in [3.05, 3.63) is 0 Å². The molecule has 4 heteroatoms. The van der Waals surface area contributed by atoms with Crippen LogP contribution in [0.25, 0.3) is 0 Å². The molecule has 0 aliphatic carbocycles. The van der Waals surface area contributed by atoms with Gasteiger partial charge in [0, 0.05) is 18.3 Å². The minimum atomic E-state index is -0.521. The van der Waals surface area contributed by atoms with Crippen molar-refractivity contribution in [1.82, 2.24) is 0 Å². The topological polar surface area (TPSA) is 67.2 Å². The summed E-state index contributed by atoms with van der Waals surface area (Å²) in [6, 6.07) is 1.90. The minimum Gasteiger partial charge on any atom is -0.469 e. The molecule has 0 heterocycles. The summed E-state index contributed by atoms with van der Waals surface area (Å²) < 4.78 is 4.46. The maximum Gasteiger partial charge on any atom is 0.306 e. The number of hydrogen-bond acceptors (Lipinski definition) is 4. The number of nitrogens with zero attached hydrogens (tertiary/aromatic N) is 1. The van der Waals surface area contributed by atoms with Gasteiger partial charge in [0.15, 0.2) is 0 Å². The molecule has 0 aliphatic heterocycles. The van der Waals surface area contributed by atoms with Crippen LogP contribution in [0.4, 0.5) is 0 Å². The van der Waals surface area contributed by atoms with Gasteiger partial charge in [-0.2, -0.15) is 5.26 Å². The Morgan fingerprint density at radius 1 is 1.43 bits per heavy atom. The summed E-state index contributed by atoms with van der Waals surface area (Å²) in [5, 5.41) is 8.50. The zero-order chi connectivity index (χ0) is 11.1. The van der Waals surface area contributed by atoms with E-state index in [1.807, 2.05) is 6.07 Å². The number of esters is 1. The van der Waals surface area contributed by atoms with Crippen LogP contribution in [-0.2, 0) is 14.3 Å². The minimum absolute atomic E-state index is 0.00106. The Hall–Kier alpha value is -1.37. The first-order chi connectivity index (χ1) is 6.52. The van der Waals surface area contributed by atoms with Gasteiger partial charge in [-0.1, -0.05) is 13.8 Å². The van der Waals surface area contributed by atoms with Crippen molar-refractivity contribution in [2.75, 3.05) is 7.11 Å². The van der Waals surface area contributed by atoms with Gasteiger partial charge in [0.2, 0.25) is 0 Å². The average molecular weight is 197 g/mol. The van der Waals surface area contributed by atoms with Crippen LogP contribution >= 0.6 is 0 Å². The van der Waals surface area contributed by atoms with Crippen LogP contribution in [0.3, 0.4) is 0 Å². The molecule has 0 aromatic rings. The molecule has 4 nitrogen and oxygen atoms in total. The van der Waals surface area contributed by atoms with Gasteiger partial charge in [0.05, 0.1) is 19.6 Å². The van der Waals surface area contributed by atoms with Crippen LogP contribution in [0.1, 0.15) is 26.7 Å². The van der Waals surface area contributed by atoms with Crippen LogP contribution in [0.2, 0.25) is 0 Å². The summed E-state index contributed by atoms with van der Waals surface area (Å²) in [6.07, 6.45) is 0.0766. The lowest BCUT2D eigenvalue weighted by atomic mass is 9.90. The van der Waals surface area contributed by atoms with E-state index in [1.54, 1.807) is 13.8 Å². The van der Waals surface area contributed by atoms with Gasteiger partial charge in [-0.3, -0.25) is 9.59 Å². The molecule has 0 rings (SSSR count). The van der Waals surface area contributed by atoms with E-state index in [4.69, 9.17) is 5.26 Å². The van der Waals surface area contributed by atoms with Gasteiger partial charge in [-0.25, -0.2) is 0 Å². The molecule has 0 amide bonds. The smallest absolute Gasteiger partial charge is 0.306 e. The van der Waals surface area contributed by atoms with Gasteiger partial charge < -0.3 is 4.74 Å². The SMILES string of the molecule is COC(=O)C[C@@H](CC#N)C(=O)C(C)C. The molecule has 0 spiro atoms. The Kier molecular flexibility index (Phi) is 5.54. The number of carbonyl (C=O) groups excluding carboxylic acids is 2. The summed E-state index contributed by atoms with van der Waals surface area (Å²) in [5.74, 6) is -1.18. The molecule has 78 valence electrons. The number of methoxy groups -OCH3 is 1. The van der Waals surface area contributed by atoms with E-state index in [1.165, 1.54) is 7.11 Å². The maximum absolute atomic E-state index is 11.5. The van der Waals surface area contributed by atoms with E-state index >= 15 is 0 Å². The third kappa shape index (κ3) is 4.04. The van der Waals surface area contributed by atoms with Crippen molar-refractivity contribution in [1.29, 1.82) is 5.26 Å². The monoisotopic (exact) mass is 197 g/mol. The summed E-state index contributed by atoms with van der Waals surface area (Å²) in [4.78, 5) is 22.5. The van der Waals surface area contributed by atoms with Crippen molar-refractivity contribution >= 4 is 11.8 Å². The van der Waals surface area contributed by atoms with Gasteiger partial charge in [-0.15, -0.1) is 0 Å². The fourth-order valence-electron chi connectivity index (χ4n) is 1.14. The van der Waals surface area contributed by atoms with Gasteiger partial charge in [-0.05, 0) is 0 Å². The largest absolute Gasteiger partial charge is 0.469 e. The Morgan fingerprint density at radius 3 is 2.36 bits per heavy atom. The van der Waals surface area contributed by atoms with E-state index in [-0.39, 0.29) is 24.5 Å². The lowest BCUT2D eigenvalue weighted by Crippen LogP contribution is -2.23. The number of nitriles is 1. The van der Waals surface area contributed by atoms with Crippen molar-refractivity contribution < 1.29 is 14.3 Å². The molecule has 0 bridgehead atoms. The van der Waals surface area contributed by atoms with E-state index in [9.17, 15) is 9.59 Å². The number of Topliss-reactive ketones (excluding diaryl/α,β-unsaturated/α-hetero) is 1. The molecule has 0 aromatic heterocycles. The van der Waals surface area contributed by atoms with Crippen LogP contribution in [0, 0.1) is 23.2 Å². The zero-order valence-electron chi connectivity index (χ0n) is 8.74. The third-order valence-corrected chi connectivity index (χ3v) is 1.95. The predicted molar refractivity (Wildman–Crippen MR) is 50.2 cm³/mol. The highest BCUT2D eigenvalue weighted by Gasteiger charge is 2.23. The van der Waals surface area contributed by atoms with Crippen LogP contribution in [0.5, 0.6) is 0 Å². The highest BCUT2D eigenvalue weighted by atomic mass is 16.5. The fourth-order valence-corrected chi connectivity index (χ4v) is 1.14. The molecule has 0 N–H and O–H groups in total. The Balaban J connectivity index is 4.37. The van der Waals surface area contributed by atoms with Gasteiger partial charge >= 0.3 is 5.97 Å². The molecule has 1 atom stereocenters. The quantitative estimate of drug-likeness (QED) is 0.623. The first-order valence-electron chi connectivity index (χ1n) is 4.50. The zero-order valence-corrected chi connectivity index (χ0v) is 8.74. The summed E-state index contributed by atoms with van der Waals surface area (Å²) in [6.45, 7) is 3.51. The van der Waals surface area contributed by atoms with Gasteiger partial charge in [0.1, 0.15) is 5.78 Å². The molecular formula is C10H15NO3. The molecule has 0 unspecified atom stereocenters. The highest BCUT2D eigenvalue weighted by Crippen LogP contribution is 2.15. The Labute approximate surface area is 83.9 Å². The second-order valence-electron chi connectivity index (χ2n) is 3.40. The normalized spacial score (nSPS) is 11.9. The second kappa shape index (κ2) is 6.14. The first kappa shape index (κ1) is 12.6. The fraction of sp³-hybridized carbons (Fsp3) is 0.700. The number of rotatable bonds is 5. The third-order valence-electron chi connectivity index (χ3n) is 1.95. The van der Waals surface area contributed by atoms with E-state index in [0.717, 1.165) is 0 Å². The molecule has 0 fully saturated rings. The molecular weight excluding hydrogens is 182 g/mol. The van der Waals surface area contributed by atoms with Crippen molar-refractivity contribution in [2.24, 2.45) is 11.8 Å². The van der Waals surface area contributed by atoms with Crippen LogP contribution < -0.4 is 0 Å². The molecule has 0 saturated carbocycles. The molecule has 14 heavy (non-hydrogen) atoms. The number of ether oxygens (including phenoxy) is 1. The Bertz CT molecular complexity index is 253. The second-order valence-corrected chi connectivity index (χ2v) is 3.40. The lowest BCUT2D eigenvalue weighted by Gasteiger charge is -2.13. The average Bonchev–Trinajstić information content (AvgIpc) is 2.15. The standard InChI is InChI=1S/C10H15NO3/c1-7(2)10(13)8(4-5-11)6-9(12)14-3/h7-8H,4,6H2,1-3H3/t8-/m1/s1. The van der Waals surface area contributed by atoms with Crippen LogP contribution in [0.15, 0.2) is 0 Å². The summed E-state index contributed by atoms with van der Waals surface area (Å²) in [5.41, 5.74) is 0. The van der Waals surface area contributed by atoms with E-state index < -0.39 is 11.9 Å². The van der Waals surface area contributed by atoms with Crippen LogP contribution in [-0.4, -0.2) is 18.9 Å². The van der Waals surface area contributed by atoms with E-state index in [2.05, 4.69) is 4.74 Å². The molecule has 0 radical (unpaired) electrons. The Morgan fingerprint density at radius 2 is 2.00 bits per heavy atom.